The normalized spacial score (nSPS) is 11.7. The van der Waals surface area contributed by atoms with Crippen LogP contribution >= 0.6 is 0 Å². The van der Waals surface area contributed by atoms with E-state index in [9.17, 15) is 9.59 Å². The van der Waals surface area contributed by atoms with Gasteiger partial charge in [0.2, 0.25) is 0 Å². The molecule has 1 atom stereocenters. The number of carbonyl (C=O) groups excluding carboxylic acids is 2. The third kappa shape index (κ3) is 4.11. The van der Waals surface area contributed by atoms with Crippen molar-refractivity contribution in [1.82, 2.24) is 9.78 Å². The van der Waals surface area contributed by atoms with Gasteiger partial charge in [0.1, 0.15) is 5.56 Å². The summed E-state index contributed by atoms with van der Waals surface area (Å²) in [5.74, 6) is -0.950. The van der Waals surface area contributed by atoms with Crippen molar-refractivity contribution in [2.75, 3.05) is 5.32 Å². The van der Waals surface area contributed by atoms with Crippen LogP contribution in [0.4, 0.5) is 5.69 Å². The molecule has 3 aromatic rings. The lowest BCUT2D eigenvalue weighted by Gasteiger charge is -2.14. The molecule has 0 fully saturated rings. The van der Waals surface area contributed by atoms with Gasteiger partial charge in [0, 0.05) is 5.69 Å². The zero-order chi connectivity index (χ0) is 20.3. The number of amides is 1. The van der Waals surface area contributed by atoms with E-state index in [2.05, 4.69) is 10.4 Å². The maximum atomic E-state index is 12.7. The van der Waals surface area contributed by atoms with Gasteiger partial charge in [-0.3, -0.25) is 4.79 Å². The van der Waals surface area contributed by atoms with E-state index in [1.54, 1.807) is 31.5 Å². The number of nitrogens with one attached hydrogen (secondary N) is 1. The highest BCUT2D eigenvalue weighted by molar-refractivity contribution is 5.98. The Labute approximate surface area is 164 Å². The molecule has 3 rings (SSSR count). The van der Waals surface area contributed by atoms with Gasteiger partial charge in [-0.05, 0) is 57.5 Å². The summed E-state index contributed by atoms with van der Waals surface area (Å²) in [5.41, 5.74) is 4.14. The standard InChI is InChI=1S/C22H23N3O3/c1-14-9-8-10-18(13-14)23-21(26)17(4)28-22(27)20-15(2)24-25(16(20)3)19-11-6-5-7-12-19/h5-13,17H,1-4H3,(H,23,26)/t17-/m0/s1. The van der Waals surface area contributed by atoms with Crippen LogP contribution in [-0.4, -0.2) is 27.8 Å². The number of benzene rings is 2. The molecule has 2 aromatic carbocycles. The number of ether oxygens (including phenoxy) is 1. The molecular formula is C22H23N3O3. The van der Waals surface area contributed by atoms with Crippen molar-refractivity contribution < 1.29 is 14.3 Å². The van der Waals surface area contributed by atoms with E-state index in [0.29, 0.717) is 22.6 Å². The number of anilines is 1. The minimum atomic E-state index is -0.938. The SMILES string of the molecule is Cc1cccc(NC(=O)[C@H](C)OC(=O)c2c(C)nn(-c3ccccc3)c2C)c1. The number of rotatable bonds is 5. The molecule has 1 heterocycles. The van der Waals surface area contributed by atoms with Crippen molar-refractivity contribution >= 4 is 17.6 Å². The Bertz CT molecular complexity index is 1010. The predicted molar refractivity (Wildman–Crippen MR) is 108 cm³/mol. The number of hydrogen-bond acceptors (Lipinski definition) is 4. The highest BCUT2D eigenvalue weighted by Gasteiger charge is 2.25. The molecule has 0 aliphatic heterocycles. The van der Waals surface area contributed by atoms with Crippen LogP contribution in [0.2, 0.25) is 0 Å². The molecule has 6 nitrogen and oxygen atoms in total. The molecule has 0 saturated heterocycles. The van der Waals surface area contributed by atoms with E-state index in [4.69, 9.17) is 4.74 Å². The van der Waals surface area contributed by atoms with Crippen LogP contribution in [0, 0.1) is 20.8 Å². The van der Waals surface area contributed by atoms with E-state index in [-0.39, 0.29) is 5.91 Å². The molecule has 0 radical (unpaired) electrons. The molecule has 0 bridgehead atoms. The molecule has 0 aliphatic rings. The molecule has 0 saturated carbocycles. The smallest absolute Gasteiger partial charge is 0.342 e. The first-order chi connectivity index (χ1) is 13.4. The molecule has 1 N–H and O–H groups in total. The lowest BCUT2D eigenvalue weighted by molar-refractivity contribution is -0.123. The maximum Gasteiger partial charge on any atom is 0.342 e. The van der Waals surface area contributed by atoms with Gasteiger partial charge in [-0.25, -0.2) is 9.48 Å². The number of nitrogens with zero attached hydrogens (tertiary/aromatic N) is 2. The van der Waals surface area contributed by atoms with E-state index in [1.165, 1.54) is 0 Å². The van der Waals surface area contributed by atoms with E-state index < -0.39 is 12.1 Å². The Morgan fingerprint density at radius 1 is 1.04 bits per heavy atom. The van der Waals surface area contributed by atoms with Crippen LogP contribution in [0.15, 0.2) is 54.6 Å². The monoisotopic (exact) mass is 377 g/mol. The zero-order valence-electron chi connectivity index (χ0n) is 16.4. The van der Waals surface area contributed by atoms with E-state index >= 15 is 0 Å². The highest BCUT2D eigenvalue weighted by atomic mass is 16.5. The molecule has 1 amide bonds. The minimum Gasteiger partial charge on any atom is -0.449 e. The van der Waals surface area contributed by atoms with E-state index in [1.807, 2.05) is 55.5 Å². The van der Waals surface area contributed by atoms with Gasteiger partial charge < -0.3 is 10.1 Å². The van der Waals surface area contributed by atoms with Crippen molar-refractivity contribution in [3.63, 3.8) is 0 Å². The Balaban J connectivity index is 1.74. The van der Waals surface area contributed by atoms with Crippen molar-refractivity contribution in [3.8, 4) is 5.69 Å². The van der Waals surface area contributed by atoms with Gasteiger partial charge in [-0.2, -0.15) is 5.10 Å². The zero-order valence-corrected chi connectivity index (χ0v) is 16.4. The van der Waals surface area contributed by atoms with Gasteiger partial charge in [0.05, 0.1) is 17.1 Å². The first-order valence-electron chi connectivity index (χ1n) is 9.07. The third-order valence-electron chi connectivity index (χ3n) is 4.43. The molecule has 0 unspecified atom stereocenters. The molecule has 6 heteroatoms. The van der Waals surface area contributed by atoms with Gasteiger partial charge in [-0.1, -0.05) is 30.3 Å². The fourth-order valence-corrected chi connectivity index (χ4v) is 3.00. The number of para-hydroxylation sites is 1. The molecule has 144 valence electrons. The Kier molecular flexibility index (Phi) is 5.59. The summed E-state index contributed by atoms with van der Waals surface area (Å²) in [6, 6.07) is 17.0. The average molecular weight is 377 g/mol. The summed E-state index contributed by atoms with van der Waals surface area (Å²) in [7, 11) is 0. The molecular weight excluding hydrogens is 354 g/mol. The largest absolute Gasteiger partial charge is 0.449 e. The second-order valence-electron chi connectivity index (χ2n) is 6.70. The van der Waals surface area contributed by atoms with Gasteiger partial charge in [-0.15, -0.1) is 0 Å². The minimum absolute atomic E-state index is 0.374. The van der Waals surface area contributed by atoms with Crippen molar-refractivity contribution in [2.45, 2.75) is 33.8 Å². The second-order valence-corrected chi connectivity index (χ2v) is 6.70. The van der Waals surface area contributed by atoms with Gasteiger partial charge in [0.25, 0.3) is 5.91 Å². The number of esters is 1. The van der Waals surface area contributed by atoms with Crippen LogP contribution < -0.4 is 5.32 Å². The Hall–Kier alpha value is -3.41. The summed E-state index contributed by atoms with van der Waals surface area (Å²) in [4.78, 5) is 25.1. The first-order valence-corrected chi connectivity index (χ1v) is 9.07. The summed E-state index contributed by atoms with van der Waals surface area (Å²) in [5, 5.41) is 7.21. The lowest BCUT2D eigenvalue weighted by atomic mass is 10.2. The van der Waals surface area contributed by atoms with Crippen LogP contribution in [0.5, 0.6) is 0 Å². The average Bonchev–Trinajstić information content (AvgIpc) is 2.96. The fraction of sp³-hybridized carbons (Fsp3) is 0.227. The fourth-order valence-electron chi connectivity index (χ4n) is 3.00. The Morgan fingerprint density at radius 2 is 1.75 bits per heavy atom. The molecule has 0 spiro atoms. The van der Waals surface area contributed by atoms with Crippen LogP contribution in [-0.2, 0) is 9.53 Å². The van der Waals surface area contributed by atoms with Crippen molar-refractivity contribution in [3.05, 3.63) is 77.1 Å². The number of hydrogen-bond donors (Lipinski definition) is 1. The lowest BCUT2D eigenvalue weighted by Crippen LogP contribution is -2.30. The molecule has 0 aliphatic carbocycles. The summed E-state index contributed by atoms with van der Waals surface area (Å²) >= 11 is 0. The van der Waals surface area contributed by atoms with E-state index in [0.717, 1.165) is 11.3 Å². The van der Waals surface area contributed by atoms with Crippen molar-refractivity contribution in [1.29, 1.82) is 0 Å². The Morgan fingerprint density at radius 3 is 2.43 bits per heavy atom. The predicted octanol–water partition coefficient (Wildman–Crippen LogP) is 3.98. The second kappa shape index (κ2) is 8.08. The quantitative estimate of drug-likeness (QED) is 0.683. The summed E-state index contributed by atoms with van der Waals surface area (Å²) < 4.78 is 7.11. The number of aryl methyl sites for hydroxylation is 2. The van der Waals surface area contributed by atoms with Gasteiger partial charge in [0.15, 0.2) is 6.10 Å². The van der Waals surface area contributed by atoms with Crippen molar-refractivity contribution in [2.24, 2.45) is 0 Å². The van der Waals surface area contributed by atoms with Crippen LogP contribution in [0.25, 0.3) is 5.69 Å². The topological polar surface area (TPSA) is 73.2 Å². The summed E-state index contributed by atoms with van der Waals surface area (Å²) in [6.45, 7) is 7.05. The summed E-state index contributed by atoms with van der Waals surface area (Å²) in [6.07, 6.45) is -0.938. The number of carbonyl (C=O) groups is 2. The van der Waals surface area contributed by atoms with Crippen LogP contribution in [0.1, 0.15) is 34.2 Å². The highest BCUT2D eigenvalue weighted by Crippen LogP contribution is 2.19. The van der Waals surface area contributed by atoms with Crippen LogP contribution in [0.3, 0.4) is 0 Å². The molecule has 1 aromatic heterocycles. The molecule has 28 heavy (non-hydrogen) atoms. The number of aromatic nitrogens is 2. The van der Waals surface area contributed by atoms with Gasteiger partial charge >= 0.3 is 5.97 Å². The first kappa shape index (κ1) is 19.4. The third-order valence-corrected chi connectivity index (χ3v) is 4.43. The maximum absolute atomic E-state index is 12.7.